The van der Waals surface area contributed by atoms with Gasteiger partial charge in [-0.05, 0) is 42.5 Å². The van der Waals surface area contributed by atoms with Gasteiger partial charge in [0.1, 0.15) is 5.82 Å². The molecule has 1 unspecified atom stereocenters. The number of nitrogens with one attached hydrogen (secondary N) is 1. The van der Waals surface area contributed by atoms with Gasteiger partial charge in [-0.25, -0.2) is 4.39 Å². The summed E-state index contributed by atoms with van der Waals surface area (Å²) in [6, 6.07) is 15.0. The van der Waals surface area contributed by atoms with Crippen molar-refractivity contribution < 1.29 is 4.39 Å². The van der Waals surface area contributed by atoms with Gasteiger partial charge in [0, 0.05) is 5.02 Å². The first kappa shape index (κ1) is 12.5. The van der Waals surface area contributed by atoms with Crippen molar-refractivity contribution in [3.8, 4) is 0 Å². The molecule has 0 radical (unpaired) electrons. The normalized spacial score (nSPS) is 16.1. The first-order valence-corrected chi connectivity index (χ1v) is 6.88. The van der Waals surface area contributed by atoms with E-state index in [4.69, 9.17) is 11.6 Å². The number of rotatable bonds is 4. The highest BCUT2D eigenvalue weighted by atomic mass is 35.5. The molecule has 0 bridgehead atoms. The highest BCUT2D eigenvalue weighted by Crippen LogP contribution is 2.43. The van der Waals surface area contributed by atoms with E-state index in [0.717, 1.165) is 0 Å². The Hall–Kier alpha value is -1.54. The summed E-state index contributed by atoms with van der Waals surface area (Å²) in [5.41, 5.74) is 1.68. The molecular weight excluding hydrogens is 261 g/mol. The summed E-state index contributed by atoms with van der Waals surface area (Å²) in [4.78, 5) is 0. The van der Waals surface area contributed by atoms with Crippen molar-refractivity contribution in [3.05, 3.63) is 64.9 Å². The van der Waals surface area contributed by atoms with E-state index in [1.807, 2.05) is 18.2 Å². The lowest BCUT2D eigenvalue weighted by Crippen LogP contribution is -2.13. The Bertz CT molecular complexity index is 566. The summed E-state index contributed by atoms with van der Waals surface area (Å²) in [6.07, 6.45) is 2.38. The number of benzene rings is 2. The molecule has 1 saturated carbocycles. The zero-order valence-corrected chi connectivity index (χ0v) is 11.2. The van der Waals surface area contributed by atoms with Crippen LogP contribution in [0.25, 0.3) is 0 Å². The lowest BCUT2D eigenvalue weighted by Gasteiger charge is -2.20. The molecule has 3 rings (SSSR count). The fraction of sp³-hybridized carbons (Fsp3) is 0.250. The molecule has 3 heteroatoms. The summed E-state index contributed by atoms with van der Waals surface area (Å²) in [5.74, 6) is 0.326. The fourth-order valence-electron chi connectivity index (χ4n) is 2.34. The minimum Gasteiger partial charge on any atom is -0.376 e. The van der Waals surface area contributed by atoms with E-state index in [1.54, 1.807) is 12.1 Å². The highest BCUT2D eigenvalue weighted by molar-refractivity contribution is 6.30. The van der Waals surface area contributed by atoms with Crippen LogP contribution in [0.2, 0.25) is 5.02 Å². The van der Waals surface area contributed by atoms with Gasteiger partial charge in [0.25, 0.3) is 0 Å². The highest BCUT2D eigenvalue weighted by Gasteiger charge is 2.32. The van der Waals surface area contributed by atoms with Crippen molar-refractivity contribution in [1.29, 1.82) is 0 Å². The fourth-order valence-corrected chi connectivity index (χ4v) is 2.51. The largest absolute Gasteiger partial charge is 0.376 e. The van der Waals surface area contributed by atoms with Gasteiger partial charge in [-0.15, -0.1) is 0 Å². The van der Waals surface area contributed by atoms with Crippen LogP contribution >= 0.6 is 11.6 Å². The Balaban J connectivity index is 1.88. The molecule has 0 aliphatic heterocycles. The van der Waals surface area contributed by atoms with E-state index in [2.05, 4.69) is 17.4 Å². The molecular formula is C16H15ClFN. The molecule has 1 nitrogen and oxygen atoms in total. The van der Waals surface area contributed by atoms with Crippen molar-refractivity contribution >= 4 is 17.3 Å². The lowest BCUT2D eigenvalue weighted by molar-refractivity contribution is 0.616. The lowest BCUT2D eigenvalue weighted by atomic mass is 10.0. The van der Waals surface area contributed by atoms with E-state index < -0.39 is 0 Å². The zero-order valence-electron chi connectivity index (χ0n) is 10.4. The van der Waals surface area contributed by atoms with Crippen LogP contribution in [-0.2, 0) is 0 Å². The van der Waals surface area contributed by atoms with Crippen molar-refractivity contribution in [2.75, 3.05) is 5.32 Å². The van der Waals surface area contributed by atoms with E-state index in [-0.39, 0.29) is 11.9 Å². The van der Waals surface area contributed by atoms with Gasteiger partial charge in [-0.2, -0.15) is 0 Å². The van der Waals surface area contributed by atoms with E-state index in [1.165, 1.54) is 24.5 Å². The third-order valence-electron chi connectivity index (χ3n) is 3.49. The topological polar surface area (TPSA) is 12.0 Å². The molecule has 1 N–H and O–H groups in total. The van der Waals surface area contributed by atoms with E-state index >= 15 is 0 Å². The van der Waals surface area contributed by atoms with E-state index in [9.17, 15) is 4.39 Å². The van der Waals surface area contributed by atoms with Gasteiger partial charge < -0.3 is 5.32 Å². The van der Waals surface area contributed by atoms with Crippen molar-refractivity contribution in [3.63, 3.8) is 0 Å². The Labute approximate surface area is 117 Å². The molecule has 0 saturated heterocycles. The predicted octanol–water partition coefficient (Wildman–Crippen LogP) is 5.04. The predicted molar refractivity (Wildman–Crippen MR) is 76.9 cm³/mol. The number of hydrogen-bond donors (Lipinski definition) is 1. The van der Waals surface area contributed by atoms with E-state index in [0.29, 0.717) is 16.6 Å². The standard InChI is InChI=1S/C16H15ClFN/c17-13-8-9-14(18)15(10-13)19-16(12-6-7-12)11-4-2-1-3-5-11/h1-5,8-10,12,16,19H,6-7H2. The van der Waals surface area contributed by atoms with Gasteiger partial charge >= 0.3 is 0 Å². The maximum atomic E-state index is 13.8. The molecule has 1 fully saturated rings. The third kappa shape index (κ3) is 2.90. The molecule has 1 aliphatic rings. The first-order valence-electron chi connectivity index (χ1n) is 6.50. The molecule has 0 spiro atoms. The van der Waals surface area contributed by atoms with Gasteiger partial charge in [0.05, 0.1) is 11.7 Å². The van der Waals surface area contributed by atoms with Crippen LogP contribution in [0.1, 0.15) is 24.4 Å². The molecule has 19 heavy (non-hydrogen) atoms. The Morgan fingerprint density at radius 1 is 1.11 bits per heavy atom. The first-order chi connectivity index (χ1) is 9.24. The van der Waals surface area contributed by atoms with Crippen LogP contribution in [0.15, 0.2) is 48.5 Å². The second-order valence-corrected chi connectivity index (χ2v) is 5.43. The summed E-state index contributed by atoms with van der Waals surface area (Å²) in [6.45, 7) is 0. The zero-order chi connectivity index (χ0) is 13.2. The Kier molecular flexibility index (Phi) is 3.43. The average Bonchev–Trinajstić information content (AvgIpc) is 3.25. The van der Waals surface area contributed by atoms with Crippen LogP contribution in [0.4, 0.5) is 10.1 Å². The Morgan fingerprint density at radius 3 is 2.53 bits per heavy atom. The van der Waals surface area contributed by atoms with Crippen LogP contribution in [-0.4, -0.2) is 0 Å². The molecule has 2 aromatic rings. The molecule has 1 atom stereocenters. The number of halogens is 2. The third-order valence-corrected chi connectivity index (χ3v) is 3.73. The van der Waals surface area contributed by atoms with Gasteiger partial charge in [-0.1, -0.05) is 41.9 Å². The molecule has 1 aliphatic carbocycles. The molecule has 0 heterocycles. The molecule has 0 amide bonds. The van der Waals surface area contributed by atoms with Crippen LogP contribution in [0.5, 0.6) is 0 Å². The van der Waals surface area contributed by atoms with Crippen LogP contribution < -0.4 is 5.32 Å². The second kappa shape index (κ2) is 5.22. The number of anilines is 1. The summed E-state index contributed by atoms with van der Waals surface area (Å²) < 4.78 is 13.8. The monoisotopic (exact) mass is 275 g/mol. The van der Waals surface area contributed by atoms with Crippen molar-refractivity contribution in [1.82, 2.24) is 0 Å². The van der Waals surface area contributed by atoms with Gasteiger partial charge in [0.15, 0.2) is 0 Å². The van der Waals surface area contributed by atoms with Crippen molar-refractivity contribution in [2.24, 2.45) is 5.92 Å². The van der Waals surface area contributed by atoms with Crippen LogP contribution in [0.3, 0.4) is 0 Å². The quantitative estimate of drug-likeness (QED) is 0.824. The van der Waals surface area contributed by atoms with Crippen LogP contribution in [0, 0.1) is 11.7 Å². The number of hydrogen-bond acceptors (Lipinski definition) is 1. The SMILES string of the molecule is Fc1ccc(Cl)cc1NC(c1ccccc1)C1CC1. The molecule has 98 valence electrons. The maximum Gasteiger partial charge on any atom is 0.146 e. The summed E-state index contributed by atoms with van der Waals surface area (Å²) in [7, 11) is 0. The van der Waals surface area contributed by atoms with Crippen molar-refractivity contribution in [2.45, 2.75) is 18.9 Å². The molecule has 0 aromatic heterocycles. The van der Waals surface area contributed by atoms with Gasteiger partial charge in [0.2, 0.25) is 0 Å². The minimum absolute atomic E-state index is 0.161. The summed E-state index contributed by atoms with van der Waals surface area (Å²) in [5, 5.41) is 3.85. The summed E-state index contributed by atoms with van der Waals surface area (Å²) >= 11 is 5.93. The Morgan fingerprint density at radius 2 is 1.84 bits per heavy atom. The van der Waals surface area contributed by atoms with Gasteiger partial charge in [-0.3, -0.25) is 0 Å². The molecule has 2 aromatic carbocycles. The average molecular weight is 276 g/mol. The maximum absolute atomic E-state index is 13.8. The second-order valence-electron chi connectivity index (χ2n) is 4.99. The minimum atomic E-state index is -0.258. The smallest absolute Gasteiger partial charge is 0.146 e.